The van der Waals surface area contributed by atoms with Crippen LogP contribution in [0.3, 0.4) is 0 Å². The third kappa shape index (κ3) is 74.1. The van der Waals surface area contributed by atoms with Gasteiger partial charge in [-0.1, -0.05) is 410 Å². The Morgan fingerprint density at radius 1 is 0.367 bits per heavy atom. The van der Waals surface area contributed by atoms with Gasteiger partial charge in [-0.3, -0.25) is 13.8 Å². The summed E-state index contributed by atoms with van der Waals surface area (Å²) < 4.78 is 23.8. The summed E-state index contributed by atoms with van der Waals surface area (Å²) in [4.78, 5) is 23.5. The zero-order valence-corrected chi connectivity index (χ0v) is 62.3. The minimum atomic E-state index is -4.37. The predicted molar refractivity (Wildman–Crippen MR) is 397 cm³/mol. The molecule has 0 saturated carbocycles. The average molecular weight is 1290 g/mol. The molecule has 1 amide bonds. The number of phosphoric acid groups is 1. The van der Waals surface area contributed by atoms with Crippen molar-refractivity contribution in [2.24, 2.45) is 0 Å². The van der Waals surface area contributed by atoms with Gasteiger partial charge >= 0.3 is 7.82 Å². The third-order valence-corrected chi connectivity index (χ3v) is 19.8. The van der Waals surface area contributed by atoms with E-state index < -0.39 is 20.0 Å². The number of rotatable bonds is 76. The first-order valence-electron chi connectivity index (χ1n) is 40.4. The number of aliphatic hydroxyl groups excluding tert-OH is 1. The number of nitrogens with one attached hydrogen (secondary N) is 1. The SMILES string of the molecule is CCCCCCCCCCCCCCCCCCC/C=C/CC/C=C/CC/C=C/C(O)C(COP(=O)(O)OCC[N+](C)(C)C)NC(=O)CCCCCCCCCCCCCCCCCCCCCCCCCCCCCCCCCCCCCCCCCCC. The third-order valence-electron chi connectivity index (χ3n) is 18.8. The molecule has 0 aliphatic rings. The Kier molecular flexibility index (Phi) is 71.0. The van der Waals surface area contributed by atoms with Crippen molar-refractivity contribution in [2.45, 2.75) is 437 Å². The molecule has 534 valence electrons. The van der Waals surface area contributed by atoms with Crippen LogP contribution in [0.25, 0.3) is 0 Å². The Bertz CT molecular complexity index is 1560. The van der Waals surface area contributed by atoms with Crippen LogP contribution < -0.4 is 5.32 Å². The number of hydrogen-bond acceptors (Lipinski definition) is 5. The Labute approximate surface area is 563 Å². The van der Waals surface area contributed by atoms with E-state index >= 15 is 0 Å². The molecular weight excluding hydrogens is 1130 g/mol. The number of quaternary nitrogens is 1. The maximum Gasteiger partial charge on any atom is 0.472 e. The number of carbonyl (C=O) groups is 1. The summed E-state index contributed by atoms with van der Waals surface area (Å²) in [5, 5.41) is 14.0. The number of allylic oxidation sites excluding steroid dienone is 5. The van der Waals surface area contributed by atoms with Crippen LogP contribution in [0.5, 0.6) is 0 Å². The highest BCUT2D eigenvalue weighted by Crippen LogP contribution is 2.43. The molecule has 0 aliphatic heterocycles. The highest BCUT2D eigenvalue weighted by atomic mass is 31.2. The summed E-state index contributed by atoms with van der Waals surface area (Å²) >= 11 is 0. The molecule has 0 aromatic rings. The van der Waals surface area contributed by atoms with Crippen LogP contribution in [-0.2, 0) is 18.4 Å². The predicted octanol–water partition coefficient (Wildman–Crippen LogP) is 26.3. The van der Waals surface area contributed by atoms with Crippen LogP contribution >= 0.6 is 7.82 Å². The monoisotopic (exact) mass is 1290 g/mol. The van der Waals surface area contributed by atoms with Gasteiger partial charge in [-0.15, -0.1) is 0 Å². The zero-order valence-electron chi connectivity index (χ0n) is 61.4. The first kappa shape index (κ1) is 88.7. The lowest BCUT2D eigenvalue weighted by atomic mass is 10.0. The van der Waals surface area contributed by atoms with E-state index in [-0.39, 0.29) is 19.1 Å². The van der Waals surface area contributed by atoms with Gasteiger partial charge in [0.1, 0.15) is 13.2 Å². The minimum Gasteiger partial charge on any atom is -0.387 e. The quantitative estimate of drug-likeness (QED) is 0.0243. The van der Waals surface area contributed by atoms with Gasteiger partial charge < -0.3 is 19.8 Å². The molecule has 0 spiro atoms. The fraction of sp³-hybridized carbons (Fsp3) is 0.914. The maximum absolute atomic E-state index is 13.1. The van der Waals surface area contributed by atoms with Crippen molar-refractivity contribution in [1.29, 1.82) is 0 Å². The molecule has 0 saturated heterocycles. The number of aliphatic hydroxyl groups is 1. The highest BCUT2D eigenvalue weighted by molar-refractivity contribution is 7.47. The number of phosphoric ester groups is 1. The van der Waals surface area contributed by atoms with Gasteiger partial charge in [0.05, 0.1) is 39.9 Å². The van der Waals surface area contributed by atoms with Crippen molar-refractivity contribution in [3.8, 4) is 0 Å². The summed E-state index contributed by atoms with van der Waals surface area (Å²) in [7, 11) is 1.57. The summed E-state index contributed by atoms with van der Waals surface area (Å²) in [6.07, 6.45) is 97.9. The van der Waals surface area contributed by atoms with Crippen molar-refractivity contribution in [3.05, 3.63) is 36.5 Å². The van der Waals surface area contributed by atoms with Crippen molar-refractivity contribution in [2.75, 3.05) is 40.9 Å². The number of carbonyl (C=O) groups excluding carboxylic acids is 1. The van der Waals surface area contributed by atoms with Crippen molar-refractivity contribution >= 4 is 13.7 Å². The Morgan fingerprint density at radius 3 is 0.889 bits per heavy atom. The molecule has 0 aliphatic carbocycles. The molecule has 90 heavy (non-hydrogen) atoms. The molecule has 0 heterocycles. The summed E-state index contributed by atoms with van der Waals surface area (Å²) in [5.41, 5.74) is 0. The number of hydrogen-bond donors (Lipinski definition) is 3. The van der Waals surface area contributed by atoms with Crippen LogP contribution in [0.2, 0.25) is 0 Å². The second kappa shape index (κ2) is 72.0. The second-order valence-electron chi connectivity index (χ2n) is 29.1. The lowest BCUT2D eigenvalue weighted by Crippen LogP contribution is -2.45. The first-order chi connectivity index (χ1) is 44.0. The molecule has 3 unspecified atom stereocenters. The maximum atomic E-state index is 13.1. The first-order valence-corrected chi connectivity index (χ1v) is 41.9. The number of nitrogens with zero attached hydrogens (tertiary/aromatic N) is 1. The molecule has 3 atom stereocenters. The van der Waals surface area contributed by atoms with Crippen LogP contribution in [0.4, 0.5) is 0 Å². The normalized spacial score (nSPS) is 13.6. The Morgan fingerprint density at radius 2 is 0.611 bits per heavy atom. The smallest absolute Gasteiger partial charge is 0.387 e. The van der Waals surface area contributed by atoms with Crippen LogP contribution in [0.15, 0.2) is 36.5 Å². The summed E-state index contributed by atoms with van der Waals surface area (Å²) in [6, 6.07) is -0.870. The molecule has 0 aromatic carbocycles. The fourth-order valence-electron chi connectivity index (χ4n) is 12.6. The number of likely N-dealkylation sites (N-methyl/N-ethyl adjacent to an activating group) is 1. The Hall–Kier alpha value is -1.28. The van der Waals surface area contributed by atoms with Gasteiger partial charge in [-0.2, -0.15) is 0 Å². The second-order valence-corrected chi connectivity index (χ2v) is 30.6. The summed E-state index contributed by atoms with van der Waals surface area (Å²) in [6.45, 7) is 4.86. The van der Waals surface area contributed by atoms with E-state index in [0.29, 0.717) is 17.4 Å². The zero-order chi connectivity index (χ0) is 65.5. The van der Waals surface area contributed by atoms with Crippen molar-refractivity contribution < 1.29 is 32.9 Å². The lowest BCUT2D eigenvalue weighted by Gasteiger charge is -2.25. The van der Waals surface area contributed by atoms with E-state index in [4.69, 9.17) is 9.05 Å². The van der Waals surface area contributed by atoms with E-state index in [1.807, 2.05) is 27.2 Å². The average Bonchev–Trinajstić information content (AvgIpc) is 3.39. The topological polar surface area (TPSA) is 105 Å². The molecule has 0 aromatic heterocycles. The largest absolute Gasteiger partial charge is 0.472 e. The van der Waals surface area contributed by atoms with Crippen LogP contribution in [-0.4, -0.2) is 73.4 Å². The molecule has 0 bridgehead atoms. The van der Waals surface area contributed by atoms with Crippen LogP contribution in [0.1, 0.15) is 425 Å². The minimum absolute atomic E-state index is 0.0555. The van der Waals surface area contributed by atoms with Gasteiger partial charge in [-0.05, 0) is 44.9 Å². The van der Waals surface area contributed by atoms with Gasteiger partial charge in [0.15, 0.2) is 0 Å². The van der Waals surface area contributed by atoms with Gasteiger partial charge in [0, 0.05) is 6.42 Å². The van der Waals surface area contributed by atoms with Crippen molar-refractivity contribution in [3.63, 3.8) is 0 Å². The molecule has 8 nitrogen and oxygen atoms in total. The molecule has 3 N–H and O–H groups in total. The molecular formula is C81H160N2O6P+. The molecule has 9 heteroatoms. The van der Waals surface area contributed by atoms with Gasteiger partial charge in [0.2, 0.25) is 5.91 Å². The lowest BCUT2D eigenvalue weighted by molar-refractivity contribution is -0.870. The fourth-order valence-corrected chi connectivity index (χ4v) is 13.3. The standard InChI is InChI=1S/C81H159N2O6P/c1-6-8-10-12-14-16-18-20-22-24-26-28-30-32-34-35-36-37-38-39-40-41-42-43-44-45-46-47-49-51-53-55-57-59-61-63-65-67-69-71-73-75-81(85)82-79(78-89-90(86,87)88-77-76-83(3,4)5)80(84)74-72-70-68-66-64-62-60-58-56-54-52-50-48-33-31-29-27-25-23-21-19-17-15-13-11-9-7-2/h56,58,64,66,72,74,79-80,84H,6-55,57,59-63,65,67-71,73,75-78H2,1-5H3,(H-,82,85,86,87)/p+1/b58-56+,66-64+,74-72+. The molecule has 0 fully saturated rings. The van der Waals surface area contributed by atoms with E-state index in [1.54, 1.807) is 6.08 Å². The highest BCUT2D eigenvalue weighted by Gasteiger charge is 2.28. The van der Waals surface area contributed by atoms with E-state index in [0.717, 1.165) is 44.9 Å². The van der Waals surface area contributed by atoms with Gasteiger partial charge in [-0.25, -0.2) is 4.57 Å². The van der Waals surface area contributed by atoms with Crippen LogP contribution in [0, 0.1) is 0 Å². The van der Waals surface area contributed by atoms with E-state index in [1.165, 1.54) is 360 Å². The molecule has 0 rings (SSSR count). The van der Waals surface area contributed by atoms with Gasteiger partial charge in [0.25, 0.3) is 0 Å². The number of unbranched alkanes of at least 4 members (excludes halogenated alkanes) is 59. The molecule has 0 radical (unpaired) electrons. The van der Waals surface area contributed by atoms with E-state index in [2.05, 4.69) is 43.5 Å². The van der Waals surface area contributed by atoms with E-state index in [9.17, 15) is 19.4 Å². The number of amides is 1. The Balaban J connectivity index is 3.93. The van der Waals surface area contributed by atoms with Crippen molar-refractivity contribution in [1.82, 2.24) is 5.32 Å². The summed E-state index contributed by atoms with van der Waals surface area (Å²) in [5.74, 6) is -0.182.